The molecule has 0 amide bonds. The molecule has 2 atom stereocenters. The van der Waals surface area contributed by atoms with E-state index in [2.05, 4.69) is 20.4 Å². The van der Waals surface area contributed by atoms with Crippen LogP contribution in [-0.2, 0) is 19.4 Å². The summed E-state index contributed by atoms with van der Waals surface area (Å²) in [7, 11) is 0. The van der Waals surface area contributed by atoms with Crippen molar-refractivity contribution in [2.75, 3.05) is 6.54 Å². The lowest BCUT2D eigenvalue weighted by Crippen LogP contribution is -2.24. The molecule has 0 aliphatic carbocycles. The molecule has 4 aromatic rings. The van der Waals surface area contributed by atoms with Gasteiger partial charge in [0.15, 0.2) is 11.9 Å². The van der Waals surface area contributed by atoms with Crippen LogP contribution in [-0.4, -0.2) is 26.8 Å². The number of ether oxygens (including phenoxy) is 1. The maximum absolute atomic E-state index is 10.3. The zero-order chi connectivity index (χ0) is 21.8. The Labute approximate surface area is 193 Å². The second kappa shape index (κ2) is 7.81. The SMILES string of the molecule is CC[C@@H](O)c1cc2ncnc(-c3cc(Cl)cc4c3OC(c3onc5c3CNCC5)C4)c2s1. The van der Waals surface area contributed by atoms with Gasteiger partial charge in [-0.3, -0.25) is 0 Å². The van der Waals surface area contributed by atoms with Crippen LogP contribution in [0.2, 0.25) is 5.02 Å². The largest absolute Gasteiger partial charge is 0.481 e. The quantitative estimate of drug-likeness (QED) is 0.445. The summed E-state index contributed by atoms with van der Waals surface area (Å²) in [6, 6.07) is 5.76. The molecule has 6 rings (SSSR count). The topological polar surface area (TPSA) is 93.3 Å². The van der Waals surface area contributed by atoms with Gasteiger partial charge in [0.25, 0.3) is 0 Å². The number of aliphatic hydroxyl groups excluding tert-OH is 1. The number of hydrogen-bond donors (Lipinski definition) is 2. The summed E-state index contributed by atoms with van der Waals surface area (Å²) in [5, 5.41) is 18.6. The molecule has 0 bridgehead atoms. The third kappa shape index (κ3) is 3.21. The third-order valence-corrected chi connectivity index (χ3v) is 7.58. The first kappa shape index (κ1) is 20.1. The van der Waals surface area contributed by atoms with Gasteiger partial charge in [-0.15, -0.1) is 11.3 Å². The average molecular weight is 469 g/mol. The van der Waals surface area contributed by atoms with Crippen LogP contribution in [0.3, 0.4) is 0 Å². The number of nitrogens with zero attached hydrogens (tertiary/aromatic N) is 3. The second-order valence-corrected chi connectivity index (χ2v) is 9.68. The molecule has 0 spiro atoms. The molecule has 7 nitrogen and oxygen atoms in total. The lowest BCUT2D eigenvalue weighted by Gasteiger charge is -2.14. The number of hydrogen-bond acceptors (Lipinski definition) is 8. The van der Waals surface area contributed by atoms with Crippen molar-refractivity contribution in [2.24, 2.45) is 0 Å². The van der Waals surface area contributed by atoms with Crippen LogP contribution in [0.1, 0.15) is 53.0 Å². The smallest absolute Gasteiger partial charge is 0.182 e. The van der Waals surface area contributed by atoms with E-state index in [0.29, 0.717) is 17.9 Å². The molecule has 5 heterocycles. The fraction of sp³-hybridized carbons (Fsp3) is 0.348. The first-order chi connectivity index (χ1) is 15.6. The van der Waals surface area contributed by atoms with Crippen molar-refractivity contribution < 1.29 is 14.4 Å². The fourth-order valence-corrected chi connectivity index (χ4v) is 5.92. The number of aromatic nitrogens is 3. The predicted octanol–water partition coefficient (Wildman–Crippen LogP) is 4.77. The van der Waals surface area contributed by atoms with Crippen molar-refractivity contribution in [3.63, 3.8) is 0 Å². The van der Waals surface area contributed by atoms with E-state index in [1.54, 1.807) is 6.33 Å². The molecule has 9 heteroatoms. The Hall–Kier alpha value is -2.52. The highest BCUT2D eigenvalue weighted by atomic mass is 35.5. The molecular weight excluding hydrogens is 448 g/mol. The number of halogens is 1. The second-order valence-electron chi connectivity index (χ2n) is 8.16. The predicted molar refractivity (Wildman–Crippen MR) is 122 cm³/mol. The van der Waals surface area contributed by atoms with Crippen LogP contribution in [0.15, 0.2) is 29.0 Å². The number of rotatable bonds is 4. The van der Waals surface area contributed by atoms with Crippen molar-refractivity contribution in [1.82, 2.24) is 20.4 Å². The van der Waals surface area contributed by atoms with Gasteiger partial charge in [0.05, 0.1) is 27.7 Å². The standard InChI is InChI=1S/C23H21ClN4O3S/c1-2-17(29)19-8-16-23(32-19)20(27-10-26-16)13-7-12(24)5-11-6-18(30-21(11)13)22-14-9-25-4-3-15(14)28-31-22/h5,7-8,10,17-18,25,29H,2-4,6,9H2,1H3/t17-,18?/m1/s1. The highest BCUT2D eigenvalue weighted by molar-refractivity contribution is 7.19. The van der Waals surface area contributed by atoms with Gasteiger partial charge >= 0.3 is 0 Å². The van der Waals surface area contributed by atoms with Crippen molar-refractivity contribution in [3.8, 4) is 17.0 Å². The molecule has 164 valence electrons. The molecule has 0 fully saturated rings. The number of fused-ring (bicyclic) bond motifs is 3. The first-order valence-corrected chi connectivity index (χ1v) is 11.9. The minimum absolute atomic E-state index is 0.253. The number of nitrogens with one attached hydrogen (secondary N) is 1. The Balaban J connectivity index is 1.44. The summed E-state index contributed by atoms with van der Waals surface area (Å²) in [5.74, 6) is 1.54. The fourth-order valence-electron chi connectivity index (χ4n) is 4.49. The Kier molecular flexibility index (Phi) is 4.91. The van der Waals surface area contributed by atoms with Crippen LogP contribution in [0.25, 0.3) is 21.5 Å². The van der Waals surface area contributed by atoms with Crippen LogP contribution >= 0.6 is 22.9 Å². The van der Waals surface area contributed by atoms with Crippen LogP contribution < -0.4 is 10.1 Å². The Bertz CT molecular complexity index is 1330. The van der Waals surface area contributed by atoms with E-state index in [4.69, 9.17) is 20.9 Å². The maximum Gasteiger partial charge on any atom is 0.182 e. The minimum atomic E-state index is -0.515. The van der Waals surface area contributed by atoms with E-state index >= 15 is 0 Å². The molecule has 32 heavy (non-hydrogen) atoms. The van der Waals surface area contributed by atoms with E-state index in [1.807, 2.05) is 25.1 Å². The number of aliphatic hydroxyl groups is 1. The van der Waals surface area contributed by atoms with E-state index in [9.17, 15) is 5.11 Å². The highest BCUT2D eigenvalue weighted by Crippen LogP contribution is 2.47. The normalized spacial score (nSPS) is 18.4. The Morgan fingerprint density at radius 1 is 1.31 bits per heavy atom. The van der Waals surface area contributed by atoms with E-state index < -0.39 is 6.10 Å². The molecule has 0 radical (unpaired) electrons. The molecule has 2 aliphatic rings. The summed E-state index contributed by atoms with van der Waals surface area (Å²) in [5.41, 5.74) is 5.52. The van der Waals surface area contributed by atoms with Crippen molar-refractivity contribution in [3.05, 3.63) is 57.0 Å². The molecule has 1 unspecified atom stereocenters. The lowest BCUT2D eigenvalue weighted by molar-refractivity contribution is 0.177. The molecule has 2 N–H and O–H groups in total. The number of benzene rings is 1. The van der Waals surface area contributed by atoms with Crippen LogP contribution in [0.5, 0.6) is 5.75 Å². The van der Waals surface area contributed by atoms with Gasteiger partial charge in [-0.2, -0.15) is 0 Å². The monoisotopic (exact) mass is 468 g/mol. The molecule has 0 saturated heterocycles. The van der Waals surface area contributed by atoms with Crippen molar-refractivity contribution in [2.45, 2.75) is 44.9 Å². The van der Waals surface area contributed by atoms with E-state index in [0.717, 1.165) is 74.2 Å². The Morgan fingerprint density at radius 2 is 2.22 bits per heavy atom. The van der Waals surface area contributed by atoms with Gasteiger partial charge in [-0.05, 0) is 24.6 Å². The summed E-state index contributed by atoms with van der Waals surface area (Å²) < 4.78 is 13.1. The highest BCUT2D eigenvalue weighted by Gasteiger charge is 2.34. The van der Waals surface area contributed by atoms with E-state index in [-0.39, 0.29) is 6.10 Å². The molecule has 2 aliphatic heterocycles. The van der Waals surface area contributed by atoms with Gasteiger partial charge in [0.2, 0.25) is 0 Å². The maximum atomic E-state index is 10.3. The van der Waals surface area contributed by atoms with Gasteiger partial charge in [-0.25, -0.2) is 9.97 Å². The van der Waals surface area contributed by atoms with Crippen LogP contribution in [0.4, 0.5) is 0 Å². The van der Waals surface area contributed by atoms with Crippen molar-refractivity contribution >= 4 is 33.2 Å². The average Bonchev–Trinajstić information content (AvgIpc) is 3.53. The molecular formula is C23H21ClN4O3S. The third-order valence-electron chi connectivity index (χ3n) is 6.13. The van der Waals surface area contributed by atoms with Crippen molar-refractivity contribution in [1.29, 1.82) is 0 Å². The van der Waals surface area contributed by atoms with Gasteiger partial charge in [-0.1, -0.05) is 23.7 Å². The van der Waals surface area contributed by atoms with E-state index in [1.165, 1.54) is 11.3 Å². The van der Waals surface area contributed by atoms with Gasteiger partial charge in [0, 0.05) is 52.5 Å². The summed E-state index contributed by atoms with van der Waals surface area (Å²) in [6.45, 7) is 3.60. The lowest BCUT2D eigenvalue weighted by atomic mass is 10.0. The van der Waals surface area contributed by atoms with Gasteiger partial charge in [0.1, 0.15) is 12.1 Å². The first-order valence-electron chi connectivity index (χ1n) is 10.7. The Morgan fingerprint density at radius 3 is 3.09 bits per heavy atom. The molecule has 3 aromatic heterocycles. The zero-order valence-electron chi connectivity index (χ0n) is 17.4. The minimum Gasteiger partial charge on any atom is -0.481 e. The number of thiophene rings is 1. The van der Waals surface area contributed by atoms with Crippen LogP contribution in [0, 0.1) is 0 Å². The summed E-state index contributed by atoms with van der Waals surface area (Å²) >= 11 is 8.02. The summed E-state index contributed by atoms with van der Waals surface area (Å²) in [4.78, 5) is 9.87. The molecule has 1 aromatic carbocycles. The summed E-state index contributed by atoms with van der Waals surface area (Å²) in [6.07, 6.45) is 2.94. The zero-order valence-corrected chi connectivity index (χ0v) is 19.0. The van der Waals surface area contributed by atoms with Gasteiger partial charge < -0.3 is 19.7 Å². The molecule has 0 saturated carbocycles.